The van der Waals surface area contributed by atoms with Gasteiger partial charge in [0.15, 0.2) is 12.6 Å². The third kappa shape index (κ3) is 9.22. The highest BCUT2D eigenvalue weighted by atomic mass is 16.7. The molecule has 0 aromatic heterocycles. The lowest BCUT2D eigenvalue weighted by atomic mass is 9.83. The van der Waals surface area contributed by atoms with Crippen molar-refractivity contribution in [3.63, 3.8) is 0 Å². The maximum atomic E-state index is 11.6. The monoisotopic (exact) mass is 655 g/mol. The number of hydrogen-bond acceptors (Lipinski definition) is 18. The van der Waals surface area contributed by atoms with Crippen LogP contribution in [-0.4, -0.2) is 182 Å². The lowest BCUT2D eigenvalue weighted by Crippen LogP contribution is -2.66. The zero-order chi connectivity index (χ0) is 33.6. The van der Waals surface area contributed by atoms with Crippen LogP contribution in [0.15, 0.2) is 9.98 Å². The zero-order valence-corrected chi connectivity index (χ0v) is 24.6. The van der Waals surface area contributed by atoms with E-state index in [1.165, 1.54) is 0 Å². The Hall–Kier alpha value is -1.70. The van der Waals surface area contributed by atoms with Crippen LogP contribution in [-0.2, 0) is 18.9 Å². The molecule has 0 aromatic carbocycles. The fourth-order valence-corrected chi connectivity index (χ4v) is 5.40. The summed E-state index contributed by atoms with van der Waals surface area (Å²) in [7, 11) is 0. The van der Waals surface area contributed by atoms with Gasteiger partial charge in [0.2, 0.25) is 0 Å². The smallest absolute Gasteiger partial charge is 0.186 e. The van der Waals surface area contributed by atoms with E-state index in [0.29, 0.717) is 12.8 Å². The maximum Gasteiger partial charge on any atom is 0.186 e. The van der Waals surface area contributed by atoms with Gasteiger partial charge in [-0.05, 0) is 19.3 Å². The van der Waals surface area contributed by atoms with Crippen molar-refractivity contribution in [2.24, 2.45) is 38.7 Å². The van der Waals surface area contributed by atoms with Crippen molar-refractivity contribution in [3.8, 4) is 0 Å². The number of nitrogens with zero attached hydrogens (tertiary/aromatic N) is 2. The largest absolute Gasteiger partial charge is 0.394 e. The summed E-state index contributed by atoms with van der Waals surface area (Å²) >= 11 is 0. The van der Waals surface area contributed by atoms with E-state index in [4.69, 9.17) is 57.8 Å². The number of amidine groups is 2. The van der Waals surface area contributed by atoms with Crippen LogP contribution in [0.5, 0.6) is 0 Å². The number of rotatable bonds is 13. The molecule has 3 rings (SSSR count). The predicted molar refractivity (Wildman–Crippen MR) is 154 cm³/mol. The molecule has 3 aliphatic rings. The lowest BCUT2D eigenvalue weighted by Gasteiger charge is -2.47. The fraction of sp³-hybridized carbons (Fsp3) is 0.920. The fourth-order valence-electron chi connectivity index (χ4n) is 5.40. The number of nitrogens with two attached hydrogens (primary N) is 5. The van der Waals surface area contributed by atoms with Gasteiger partial charge in [0.05, 0.1) is 44.0 Å². The van der Waals surface area contributed by atoms with Crippen molar-refractivity contribution < 1.29 is 64.9 Å². The second-order valence-electron chi connectivity index (χ2n) is 11.5. The minimum absolute atomic E-state index is 0.0211. The summed E-state index contributed by atoms with van der Waals surface area (Å²) in [5.74, 6) is -0.575. The van der Waals surface area contributed by atoms with Crippen molar-refractivity contribution in [2.75, 3.05) is 26.4 Å². The highest BCUT2D eigenvalue weighted by molar-refractivity contribution is 5.85. The molecule has 262 valence electrons. The van der Waals surface area contributed by atoms with Crippen molar-refractivity contribution in [2.45, 2.75) is 117 Å². The van der Waals surface area contributed by atoms with Crippen LogP contribution in [0.2, 0.25) is 0 Å². The quantitative estimate of drug-likeness (QED) is 0.0646. The topological polar surface area (TPSA) is 374 Å². The molecule has 0 spiro atoms. The molecule has 0 aromatic rings. The van der Waals surface area contributed by atoms with Gasteiger partial charge in [-0.2, -0.15) is 0 Å². The maximum absolute atomic E-state index is 11.6. The normalized spacial score (nSPS) is 42.3. The molecule has 20 nitrogen and oxygen atoms in total. The van der Waals surface area contributed by atoms with E-state index in [2.05, 4.69) is 9.98 Å². The van der Waals surface area contributed by atoms with Gasteiger partial charge in [0.25, 0.3) is 0 Å². The third-order valence-corrected chi connectivity index (χ3v) is 8.19. The van der Waals surface area contributed by atoms with Crippen LogP contribution in [0.4, 0.5) is 0 Å². The van der Waals surface area contributed by atoms with Crippen LogP contribution < -0.4 is 28.7 Å². The minimum Gasteiger partial charge on any atom is -0.394 e. The van der Waals surface area contributed by atoms with Crippen LogP contribution in [0.25, 0.3) is 0 Å². The number of ether oxygens (including phenoxy) is 4. The lowest BCUT2D eigenvalue weighted by molar-refractivity contribution is -0.312. The zero-order valence-electron chi connectivity index (χ0n) is 24.6. The molecule has 3 fully saturated rings. The third-order valence-electron chi connectivity index (χ3n) is 8.19. The first kappa shape index (κ1) is 37.8. The molecule has 20 heteroatoms. The van der Waals surface area contributed by atoms with Crippen LogP contribution in [0.1, 0.15) is 19.3 Å². The summed E-state index contributed by atoms with van der Waals surface area (Å²) in [6.07, 6.45) is -16.6. The Morgan fingerprint density at radius 3 is 2.13 bits per heavy atom. The van der Waals surface area contributed by atoms with Crippen molar-refractivity contribution in [3.05, 3.63) is 0 Å². The highest BCUT2D eigenvalue weighted by Gasteiger charge is 2.51. The first-order valence-corrected chi connectivity index (χ1v) is 14.6. The van der Waals surface area contributed by atoms with Gasteiger partial charge in [-0.3, -0.25) is 9.98 Å². The Bertz CT molecular complexity index is 984. The number of hydrogen-bond donors (Lipinski definition) is 14. The van der Waals surface area contributed by atoms with E-state index in [1.54, 1.807) is 0 Å². The van der Waals surface area contributed by atoms with Crippen molar-refractivity contribution >= 4 is 11.7 Å². The minimum atomic E-state index is -1.94. The molecule has 2 heterocycles. The van der Waals surface area contributed by atoms with Gasteiger partial charge in [-0.15, -0.1) is 0 Å². The van der Waals surface area contributed by atoms with Crippen molar-refractivity contribution in [1.29, 1.82) is 0 Å². The summed E-state index contributed by atoms with van der Waals surface area (Å²) in [6, 6.07) is -4.10. The van der Waals surface area contributed by atoms with Gasteiger partial charge >= 0.3 is 0 Å². The summed E-state index contributed by atoms with van der Waals surface area (Å²) in [5.41, 5.74) is 30.0. The van der Waals surface area contributed by atoms with Gasteiger partial charge in [0, 0.05) is 6.04 Å². The molecule has 0 bridgehead atoms. The molecular formula is C25H49N7O13. The molecule has 19 N–H and O–H groups in total. The molecular weight excluding hydrogens is 606 g/mol. The predicted octanol–water partition coefficient (Wildman–Crippen LogP) is -8.40. The first-order chi connectivity index (χ1) is 21.2. The molecule has 16 unspecified atom stereocenters. The Labute approximate surface area is 259 Å². The van der Waals surface area contributed by atoms with Gasteiger partial charge in [-0.1, -0.05) is 0 Å². The number of aliphatic imine (C=N–C) groups is 2. The Morgan fingerprint density at radius 1 is 0.844 bits per heavy atom. The molecule has 2 aliphatic heterocycles. The highest BCUT2D eigenvalue weighted by Crippen LogP contribution is 2.33. The van der Waals surface area contributed by atoms with Crippen LogP contribution in [0, 0.1) is 0 Å². The van der Waals surface area contributed by atoms with Gasteiger partial charge in [-0.25, -0.2) is 0 Å². The Morgan fingerprint density at radius 2 is 1.51 bits per heavy atom. The summed E-state index contributed by atoms with van der Waals surface area (Å²) < 4.78 is 23.5. The molecule has 0 radical (unpaired) electrons. The second-order valence-corrected chi connectivity index (χ2v) is 11.5. The second kappa shape index (κ2) is 16.9. The molecule has 1 saturated carbocycles. The van der Waals surface area contributed by atoms with E-state index in [9.17, 15) is 35.7 Å². The van der Waals surface area contributed by atoms with E-state index >= 15 is 0 Å². The summed E-state index contributed by atoms with van der Waals surface area (Å²) in [4.78, 5) is 8.22. The van der Waals surface area contributed by atoms with Gasteiger partial charge < -0.3 is 93.6 Å². The molecule has 2 saturated heterocycles. The van der Waals surface area contributed by atoms with E-state index in [1.807, 2.05) is 0 Å². The van der Waals surface area contributed by atoms with E-state index in [-0.39, 0.29) is 18.8 Å². The molecule has 1 aliphatic carbocycles. The molecule has 45 heavy (non-hydrogen) atoms. The first-order valence-electron chi connectivity index (χ1n) is 14.6. The van der Waals surface area contributed by atoms with E-state index < -0.39 is 123 Å². The summed E-state index contributed by atoms with van der Waals surface area (Å²) in [6.45, 7) is -1.87. The van der Waals surface area contributed by atoms with Gasteiger partial charge in [0.1, 0.15) is 73.2 Å². The summed E-state index contributed by atoms with van der Waals surface area (Å²) in [5, 5.41) is 90.6. The average molecular weight is 656 g/mol. The van der Waals surface area contributed by atoms with Crippen LogP contribution in [0.3, 0.4) is 0 Å². The van der Waals surface area contributed by atoms with E-state index in [0.717, 1.165) is 0 Å². The molecule has 16 atom stereocenters. The average Bonchev–Trinajstić information content (AvgIpc) is 3.03. The van der Waals surface area contributed by atoms with Crippen LogP contribution >= 0.6 is 0 Å². The number of aliphatic hydroxyl groups excluding tert-OH is 9. The Balaban J connectivity index is 1.87. The molecule has 0 amide bonds. The SMILES string of the molecule is NC(CO)=NCC1CCC(N)C(OC2C(N)CC(N=C(N)C(O)C(O)C(O)CO)C(OC3OC(CO)C(O)C(N)C3O)C2O)O1. The standard InChI is InChI=1S/C25H49N7O13/c26-9-2-1-8(4-31-14(28)7-35)42-24(9)44-21-10(27)3-11(32-23(30)19(40)16(37)12(36)5-33)22(20(21)41)45-25-18(39)15(29)17(38)13(6-34)43-25/h8-13,15-22,24-25,33-41H,1-7,26-27,29H2,(H2,28,31)(H2,30,32). The number of aliphatic hydroxyl groups is 9. The van der Waals surface area contributed by atoms with Crippen molar-refractivity contribution in [1.82, 2.24) is 0 Å². The Kier molecular flexibility index (Phi) is 14.2.